The summed E-state index contributed by atoms with van der Waals surface area (Å²) in [6.45, 7) is 0. The summed E-state index contributed by atoms with van der Waals surface area (Å²) in [6.07, 6.45) is -0.577. The summed E-state index contributed by atoms with van der Waals surface area (Å²) in [5, 5.41) is 24.3. The normalized spacial score (nSPS) is 10.0. The fourth-order valence-electron chi connectivity index (χ4n) is 1.36. The highest BCUT2D eigenvalue weighted by Gasteiger charge is 2.09. The number of aliphatic carboxylic acids is 1. The molecule has 3 N–H and O–H groups in total. The number of tetrazole rings is 1. The van der Waals surface area contributed by atoms with E-state index in [-0.39, 0.29) is 0 Å². The molecule has 0 atom stereocenters. The number of rotatable bonds is 4. The van der Waals surface area contributed by atoms with Crippen LogP contribution in [-0.2, 0) is 9.59 Å². The molecule has 2 aromatic rings. The summed E-state index contributed by atoms with van der Waals surface area (Å²) in [6, 6.07) is 6.72. The van der Waals surface area contributed by atoms with Gasteiger partial charge in [0.05, 0.1) is 0 Å². The monoisotopic (exact) mass is 247 g/mol. The Labute approximate surface area is 101 Å². The van der Waals surface area contributed by atoms with Crippen molar-refractivity contribution in [2.24, 2.45) is 0 Å². The van der Waals surface area contributed by atoms with Gasteiger partial charge in [-0.2, -0.15) is 5.21 Å². The third-order valence-corrected chi connectivity index (χ3v) is 2.06. The van der Waals surface area contributed by atoms with E-state index in [0.29, 0.717) is 17.1 Å². The average Bonchev–Trinajstić information content (AvgIpc) is 2.81. The maximum Gasteiger partial charge on any atom is 0.312 e. The van der Waals surface area contributed by atoms with Crippen LogP contribution in [0.4, 0.5) is 5.69 Å². The van der Waals surface area contributed by atoms with Gasteiger partial charge >= 0.3 is 5.97 Å². The molecule has 0 saturated carbocycles. The first-order chi connectivity index (χ1) is 8.65. The molecule has 0 aliphatic heterocycles. The van der Waals surface area contributed by atoms with Crippen molar-refractivity contribution in [1.29, 1.82) is 0 Å². The number of carbonyl (C=O) groups is 2. The van der Waals surface area contributed by atoms with Crippen LogP contribution in [0.15, 0.2) is 24.3 Å². The molecular formula is C10H9N5O3. The highest BCUT2D eigenvalue weighted by atomic mass is 16.4. The molecule has 8 nitrogen and oxygen atoms in total. The molecule has 0 aliphatic rings. The third-order valence-electron chi connectivity index (χ3n) is 2.06. The lowest BCUT2D eigenvalue weighted by molar-refractivity contribution is -0.139. The van der Waals surface area contributed by atoms with E-state index in [4.69, 9.17) is 5.11 Å². The van der Waals surface area contributed by atoms with Crippen molar-refractivity contribution in [3.8, 4) is 11.4 Å². The number of hydrogen-bond donors (Lipinski definition) is 3. The van der Waals surface area contributed by atoms with Crippen LogP contribution >= 0.6 is 0 Å². The molecule has 0 radical (unpaired) electrons. The second-order valence-electron chi connectivity index (χ2n) is 3.43. The molecule has 1 aromatic heterocycles. The van der Waals surface area contributed by atoms with Crippen molar-refractivity contribution >= 4 is 17.6 Å². The molecule has 8 heteroatoms. The van der Waals surface area contributed by atoms with Crippen LogP contribution in [0.1, 0.15) is 6.42 Å². The Kier molecular flexibility index (Phi) is 3.28. The van der Waals surface area contributed by atoms with E-state index in [2.05, 4.69) is 25.9 Å². The molecule has 0 fully saturated rings. The smallest absolute Gasteiger partial charge is 0.312 e. The van der Waals surface area contributed by atoms with E-state index in [9.17, 15) is 9.59 Å². The maximum atomic E-state index is 11.3. The highest BCUT2D eigenvalue weighted by molar-refractivity contribution is 6.01. The standard InChI is InChI=1S/C10H9N5O3/c16-8(5-9(17)18)11-7-3-1-2-6(4-7)10-12-14-15-13-10/h1-4H,5H2,(H,11,16)(H,17,18)(H,12,13,14,15). The Hall–Kier alpha value is -2.77. The summed E-state index contributed by atoms with van der Waals surface area (Å²) in [4.78, 5) is 21.6. The molecule has 1 aromatic carbocycles. The van der Waals surface area contributed by atoms with E-state index in [1.165, 1.54) is 0 Å². The van der Waals surface area contributed by atoms with Crippen molar-refractivity contribution in [2.75, 3.05) is 5.32 Å². The average molecular weight is 247 g/mol. The number of carboxylic acids is 1. The molecule has 2 rings (SSSR count). The maximum absolute atomic E-state index is 11.3. The van der Waals surface area contributed by atoms with Crippen molar-refractivity contribution in [3.05, 3.63) is 24.3 Å². The van der Waals surface area contributed by atoms with Crippen molar-refractivity contribution < 1.29 is 14.7 Å². The minimum absolute atomic E-state index is 0.393. The predicted octanol–water partition coefficient (Wildman–Crippen LogP) is 0.280. The summed E-state index contributed by atoms with van der Waals surface area (Å²) in [7, 11) is 0. The molecule has 1 amide bonds. The number of carboxylic acid groups (broad SMARTS) is 1. The van der Waals surface area contributed by atoms with Crippen LogP contribution < -0.4 is 5.32 Å². The van der Waals surface area contributed by atoms with Gasteiger partial charge in [0.1, 0.15) is 6.42 Å². The number of amides is 1. The molecule has 18 heavy (non-hydrogen) atoms. The molecule has 0 spiro atoms. The van der Waals surface area contributed by atoms with Gasteiger partial charge < -0.3 is 10.4 Å². The molecular weight excluding hydrogens is 238 g/mol. The number of hydrogen-bond acceptors (Lipinski definition) is 5. The zero-order valence-corrected chi connectivity index (χ0v) is 9.12. The summed E-state index contributed by atoms with van der Waals surface area (Å²) < 4.78 is 0. The summed E-state index contributed by atoms with van der Waals surface area (Å²) >= 11 is 0. The topological polar surface area (TPSA) is 121 Å². The van der Waals surface area contributed by atoms with Crippen LogP contribution in [0.3, 0.4) is 0 Å². The Morgan fingerprint density at radius 3 is 2.89 bits per heavy atom. The molecule has 92 valence electrons. The predicted molar refractivity (Wildman–Crippen MR) is 60.5 cm³/mol. The Balaban J connectivity index is 2.13. The first kappa shape index (κ1) is 11.7. The molecule has 0 saturated heterocycles. The highest BCUT2D eigenvalue weighted by Crippen LogP contribution is 2.18. The molecule has 1 heterocycles. The van der Waals surface area contributed by atoms with Crippen LogP contribution in [0, 0.1) is 0 Å². The third kappa shape index (κ3) is 2.88. The molecule has 0 bridgehead atoms. The van der Waals surface area contributed by atoms with Gasteiger partial charge in [-0.15, -0.1) is 10.2 Å². The SMILES string of the molecule is O=C(O)CC(=O)Nc1cccc(-c2nn[nH]n2)c1. The van der Waals surface area contributed by atoms with Gasteiger partial charge in [-0.3, -0.25) is 9.59 Å². The van der Waals surface area contributed by atoms with Crippen molar-refractivity contribution in [2.45, 2.75) is 6.42 Å². The largest absolute Gasteiger partial charge is 0.481 e. The fourth-order valence-corrected chi connectivity index (χ4v) is 1.36. The van der Waals surface area contributed by atoms with E-state index in [0.717, 1.165) is 0 Å². The van der Waals surface area contributed by atoms with Gasteiger partial charge in [-0.1, -0.05) is 12.1 Å². The second kappa shape index (κ2) is 5.04. The summed E-state index contributed by atoms with van der Waals surface area (Å²) in [5.74, 6) is -1.38. The Bertz CT molecular complexity index is 567. The number of aromatic amines is 1. The Morgan fingerprint density at radius 2 is 2.22 bits per heavy atom. The quantitative estimate of drug-likeness (QED) is 0.667. The van der Waals surface area contributed by atoms with Gasteiger partial charge in [0, 0.05) is 11.3 Å². The number of H-pyrrole nitrogens is 1. The summed E-state index contributed by atoms with van der Waals surface area (Å²) in [5.41, 5.74) is 1.14. The van der Waals surface area contributed by atoms with Gasteiger partial charge in [0.2, 0.25) is 11.7 Å². The number of nitrogens with zero attached hydrogens (tertiary/aromatic N) is 3. The van der Waals surface area contributed by atoms with Crippen LogP contribution in [0.5, 0.6) is 0 Å². The van der Waals surface area contributed by atoms with Crippen molar-refractivity contribution in [1.82, 2.24) is 20.6 Å². The first-order valence-corrected chi connectivity index (χ1v) is 5.00. The molecule has 0 unspecified atom stereocenters. The van der Waals surface area contributed by atoms with Crippen LogP contribution in [-0.4, -0.2) is 37.6 Å². The number of aromatic nitrogens is 4. The number of carbonyl (C=O) groups excluding carboxylic acids is 1. The lowest BCUT2D eigenvalue weighted by Gasteiger charge is -2.04. The van der Waals surface area contributed by atoms with Crippen LogP contribution in [0.2, 0.25) is 0 Å². The zero-order chi connectivity index (χ0) is 13.0. The van der Waals surface area contributed by atoms with E-state index >= 15 is 0 Å². The van der Waals surface area contributed by atoms with Gasteiger partial charge in [0.15, 0.2) is 0 Å². The minimum atomic E-state index is -1.18. The fraction of sp³-hybridized carbons (Fsp3) is 0.100. The lowest BCUT2D eigenvalue weighted by Crippen LogP contribution is -2.15. The number of anilines is 1. The first-order valence-electron chi connectivity index (χ1n) is 5.00. The van der Waals surface area contributed by atoms with E-state index in [1.807, 2.05) is 0 Å². The molecule has 0 aliphatic carbocycles. The van der Waals surface area contributed by atoms with E-state index < -0.39 is 18.3 Å². The second-order valence-corrected chi connectivity index (χ2v) is 3.43. The minimum Gasteiger partial charge on any atom is -0.481 e. The zero-order valence-electron chi connectivity index (χ0n) is 9.12. The van der Waals surface area contributed by atoms with Crippen molar-refractivity contribution in [3.63, 3.8) is 0 Å². The van der Waals surface area contributed by atoms with Gasteiger partial charge in [-0.25, -0.2) is 0 Å². The lowest BCUT2D eigenvalue weighted by atomic mass is 10.2. The number of benzene rings is 1. The van der Waals surface area contributed by atoms with Crippen LogP contribution in [0.25, 0.3) is 11.4 Å². The van der Waals surface area contributed by atoms with Gasteiger partial charge in [0.25, 0.3) is 0 Å². The number of nitrogens with one attached hydrogen (secondary N) is 2. The van der Waals surface area contributed by atoms with Gasteiger partial charge in [-0.05, 0) is 17.3 Å². The Morgan fingerprint density at radius 1 is 1.39 bits per heavy atom. The van der Waals surface area contributed by atoms with E-state index in [1.54, 1.807) is 24.3 Å².